The Bertz CT molecular complexity index is 80.6. The monoisotopic (exact) mass is 115 g/mol. The first-order valence-electron chi connectivity index (χ1n) is 2.61. The first-order chi connectivity index (χ1) is 3.72. The molecule has 0 radical (unpaired) electrons. The third-order valence-electron chi connectivity index (χ3n) is 1.17. The molecule has 0 spiro atoms. The van der Waals surface area contributed by atoms with Gasteiger partial charge in [0.25, 0.3) is 0 Å². The molecular formula is C6H13NO. The topological polar surface area (TPSA) is 21.3 Å². The van der Waals surface area contributed by atoms with Gasteiger partial charge in [0.05, 0.1) is 6.10 Å². The first kappa shape index (κ1) is 7.50. The molecule has 1 atom stereocenters. The Kier molecular flexibility index (Phi) is 3.28. The molecule has 2 nitrogen and oxygen atoms in total. The van der Waals surface area contributed by atoms with Gasteiger partial charge in [0.2, 0.25) is 0 Å². The summed E-state index contributed by atoms with van der Waals surface area (Å²) in [6.07, 6.45) is 0.111. The summed E-state index contributed by atoms with van der Waals surface area (Å²) < 4.78 is 4.94. The van der Waals surface area contributed by atoms with Gasteiger partial charge >= 0.3 is 0 Å². The van der Waals surface area contributed by atoms with E-state index < -0.39 is 0 Å². The van der Waals surface area contributed by atoms with Crippen molar-refractivity contribution in [1.29, 1.82) is 0 Å². The fraction of sp³-hybridized carbons (Fsp3) is 0.667. The maximum Gasteiger partial charge on any atom is 0.0931 e. The van der Waals surface area contributed by atoms with Crippen LogP contribution in [-0.4, -0.2) is 20.3 Å². The van der Waals surface area contributed by atoms with E-state index in [1.54, 1.807) is 7.11 Å². The Morgan fingerprint density at radius 3 is 2.38 bits per heavy atom. The first-order valence-corrected chi connectivity index (χ1v) is 2.61. The molecule has 2 heteroatoms. The third kappa shape index (κ3) is 1.98. The number of nitrogens with one attached hydrogen (secondary N) is 1. The molecule has 0 saturated heterocycles. The fourth-order valence-corrected chi connectivity index (χ4v) is 0.346. The molecule has 0 aromatic carbocycles. The molecule has 0 saturated carbocycles. The molecule has 0 heterocycles. The van der Waals surface area contributed by atoms with E-state index in [9.17, 15) is 0 Å². The lowest BCUT2D eigenvalue weighted by atomic mass is 10.3. The van der Waals surface area contributed by atoms with E-state index in [4.69, 9.17) is 4.74 Å². The molecule has 0 aliphatic rings. The molecule has 48 valence electrons. The van der Waals surface area contributed by atoms with Gasteiger partial charge < -0.3 is 10.1 Å². The van der Waals surface area contributed by atoms with Crippen LogP contribution in [0.1, 0.15) is 6.92 Å². The van der Waals surface area contributed by atoms with Crippen molar-refractivity contribution in [3.05, 3.63) is 12.3 Å². The van der Waals surface area contributed by atoms with Crippen molar-refractivity contribution >= 4 is 0 Å². The molecule has 0 rings (SSSR count). The lowest BCUT2D eigenvalue weighted by Gasteiger charge is -2.10. The van der Waals surface area contributed by atoms with Crippen molar-refractivity contribution in [3.8, 4) is 0 Å². The van der Waals surface area contributed by atoms with Gasteiger partial charge in [0.15, 0.2) is 0 Å². The minimum absolute atomic E-state index is 0.111. The Morgan fingerprint density at radius 1 is 1.75 bits per heavy atom. The van der Waals surface area contributed by atoms with E-state index in [0.717, 1.165) is 5.70 Å². The third-order valence-corrected chi connectivity index (χ3v) is 1.17. The number of ether oxygens (including phenoxy) is 1. The highest BCUT2D eigenvalue weighted by atomic mass is 16.5. The second-order valence-corrected chi connectivity index (χ2v) is 1.65. The number of methoxy groups -OCH3 is 1. The zero-order chi connectivity index (χ0) is 6.57. The molecule has 0 aromatic rings. The summed E-state index contributed by atoms with van der Waals surface area (Å²) in [5.74, 6) is 0. The van der Waals surface area contributed by atoms with Gasteiger partial charge in [-0.15, -0.1) is 0 Å². The van der Waals surface area contributed by atoms with Crippen LogP contribution in [-0.2, 0) is 4.74 Å². The van der Waals surface area contributed by atoms with Gasteiger partial charge in [-0.3, -0.25) is 0 Å². The van der Waals surface area contributed by atoms with Gasteiger partial charge in [-0.1, -0.05) is 6.58 Å². The zero-order valence-electron chi connectivity index (χ0n) is 5.69. The second-order valence-electron chi connectivity index (χ2n) is 1.65. The van der Waals surface area contributed by atoms with Crippen molar-refractivity contribution in [1.82, 2.24) is 5.32 Å². The zero-order valence-corrected chi connectivity index (χ0v) is 5.69. The maximum absolute atomic E-state index is 4.94. The number of hydrogen-bond acceptors (Lipinski definition) is 2. The molecule has 0 aliphatic carbocycles. The minimum Gasteiger partial charge on any atom is -0.390 e. The van der Waals surface area contributed by atoms with Crippen LogP contribution in [0.15, 0.2) is 12.3 Å². The Labute approximate surface area is 50.5 Å². The van der Waals surface area contributed by atoms with Gasteiger partial charge in [0, 0.05) is 19.9 Å². The molecule has 1 N–H and O–H groups in total. The molecule has 0 amide bonds. The average Bonchev–Trinajstić information content (AvgIpc) is 1.84. The van der Waals surface area contributed by atoms with E-state index in [2.05, 4.69) is 11.9 Å². The highest BCUT2D eigenvalue weighted by Crippen LogP contribution is 1.95. The van der Waals surface area contributed by atoms with Gasteiger partial charge in [-0.25, -0.2) is 0 Å². The summed E-state index contributed by atoms with van der Waals surface area (Å²) in [5.41, 5.74) is 0.910. The average molecular weight is 115 g/mol. The quantitative estimate of drug-likeness (QED) is 0.586. The SMILES string of the molecule is C=C(NC)[C@@H](C)OC. The predicted molar refractivity (Wildman–Crippen MR) is 34.7 cm³/mol. The fourth-order valence-electron chi connectivity index (χ4n) is 0.346. The lowest BCUT2D eigenvalue weighted by Crippen LogP contribution is -2.18. The highest BCUT2D eigenvalue weighted by molar-refractivity contribution is 4.95. The Morgan fingerprint density at radius 2 is 2.25 bits per heavy atom. The molecule has 0 fully saturated rings. The van der Waals surface area contributed by atoms with E-state index >= 15 is 0 Å². The summed E-state index contributed by atoms with van der Waals surface area (Å²) in [5, 5.41) is 2.90. The van der Waals surface area contributed by atoms with Crippen LogP contribution in [0, 0.1) is 0 Å². The molecule has 0 aromatic heterocycles. The smallest absolute Gasteiger partial charge is 0.0931 e. The van der Waals surface area contributed by atoms with Gasteiger partial charge in [-0.05, 0) is 6.92 Å². The predicted octanol–water partition coefficient (Wildman–Crippen LogP) is 0.754. The van der Waals surface area contributed by atoms with E-state index in [0.29, 0.717) is 0 Å². The summed E-state index contributed by atoms with van der Waals surface area (Å²) in [7, 11) is 3.49. The normalized spacial score (nSPS) is 12.9. The van der Waals surface area contributed by atoms with Crippen molar-refractivity contribution in [3.63, 3.8) is 0 Å². The van der Waals surface area contributed by atoms with Gasteiger partial charge in [0.1, 0.15) is 0 Å². The molecular weight excluding hydrogens is 102 g/mol. The van der Waals surface area contributed by atoms with Crippen molar-refractivity contribution in [2.24, 2.45) is 0 Å². The number of rotatable bonds is 3. The summed E-state index contributed by atoms with van der Waals surface area (Å²) in [6.45, 7) is 5.65. The standard InChI is InChI=1S/C6H13NO/c1-5(7-3)6(2)8-4/h6-7H,1H2,2-4H3/t6-/m1/s1. The summed E-state index contributed by atoms with van der Waals surface area (Å²) in [6, 6.07) is 0. The van der Waals surface area contributed by atoms with E-state index in [-0.39, 0.29) is 6.10 Å². The molecule has 8 heavy (non-hydrogen) atoms. The Hall–Kier alpha value is -0.500. The van der Waals surface area contributed by atoms with Crippen LogP contribution in [0.2, 0.25) is 0 Å². The van der Waals surface area contributed by atoms with E-state index in [1.165, 1.54) is 0 Å². The van der Waals surface area contributed by atoms with Crippen molar-refractivity contribution in [2.45, 2.75) is 13.0 Å². The van der Waals surface area contributed by atoms with Crippen molar-refractivity contribution in [2.75, 3.05) is 14.2 Å². The van der Waals surface area contributed by atoms with Crippen LogP contribution in [0.3, 0.4) is 0 Å². The lowest BCUT2D eigenvalue weighted by molar-refractivity contribution is 0.142. The summed E-state index contributed by atoms with van der Waals surface area (Å²) >= 11 is 0. The minimum atomic E-state index is 0.111. The molecule has 0 unspecified atom stereocenters. The van der Waals surface area contributed by atoms with Crippen molar-refractivity contribution < 1.29 is 4.74 Å². The maximum atomic E-state index is 4.94. The van der Waals surface area contributed by atoms with Gasteiger partial charge in [-0.2, -0.15) is 0 Å². The largest absolute Gasteiger partial charge is 0.390 e. The number of likely N-dealkylation sites (N-methyl/N-ethyl adjacent to an activating group) is 1. The van der Waals surface area contributed by atoms with Crippen LogP contribution in [0.25, 0.3) is 0 Å². The second kappa shape index (κ2) is 3.50. The van der Waals surface area contributed by atoms with Crippen LogP contribution in [0.4, 0.5) is 0 Å². The number of hydrogen-bond donors (Lipinski definition) is 1. The molecule has 0 aliphatic heterocycles. The summed E-state index contributed by atoms with van der Waals surface area (Å²) in [4.78, 5) is 0. The Balaban J connectivity index is 3.46. The van der Waals surface area contributed by atoms with E-state index in [1.807, 2.05) is 14.0 Å². The van der Waals surface area contributed by atoms with Crippen LogP contribution in [0.5, 0.6) is 0 Å². The highest BCUT2D eigenvalue weighted by Gasteiger charge is 1.99. The molecule has 0 bridgehead atoms. The van der Waals surface area contributed by atoms with Crippen LogP contribution >= 0.6 is 0 Å². The van der Waals surface area contributed by atoms with Crippen LogP contribution < -0.4 is 5.32 Å².